The fourth-order valence-corrected chi connectivity index (χ4v) is 3.19. The van der Waals surface area contributed by atoms with E-state index in [1.165, 1.54) is 0 Å². The number of halogens is 2. The molecule has 2 N–H and O–H groups in total. The van der Waals surface area contributed by atoms with Crippen molar-refractivity contribution in [3.63, 3.8) is 0 Å². The molecule has 1 fully saturated rings. The van der Waals surface area contributed by atoms with Gasteiger partial charge in [-0.25, -0.2) is 9.50 Å². The quantitative estimate of drug-likeness (QED) is 0.715. The number of hydrogen-bond donors (Lipinski definition) is 1. The number of rotatable bonds is 2. The number of aromatic nitrogens is 4. The van der Waals surface area contributed by atoms with E-state index in [1.54, 1.807) is 15.6 Å². The van der Waals surface area contributed by atoms with Gasteiger partial charge in [-0.15, -0.1) is 29.9 Å². The van der Waals surface area contributed by atoms with Crippen molar-refractivity contribution in [1.29, 1.82) is 0 Å². The number of amides is 1. The first-order chi connectivity index (χ1) is 11.6. The molecule has 3 aromatic rings. The summed E-state index contributed by atoms with van der Waals surface area (Å²) in [5.41, 5.74) is 8.30. The summed E-state index contributed by atoms with van der Waals surface area (Å²) in [5, 5.41) is 4.29. The molecule has 1 saturated heterocycles. The number of carbonyl (C=O) groups excluding carboxylic acids is 1. The maximum absolute atomic E-state index is 12.8. The highest BCUT2D eigenvalue weighted by Crippen LogP contribution is 2.27. The molecular formula is C17H20Cl2N6O. The van der Waals surface area contributed by atoms with E-state index in [-0.39, 0.29) is 48.5 Å². The molecule has 2 atom stereocenters. The SMILES string of the molecule is Cc1ccnc2nc(C(=O)N3C[C@@H](N)[C@H](c4ccccc4)C3)nn12.Cl.Cl. The Kier molecular flexibility index (Phi) is 6.17. The number of likely N-dealkylation sites (tertiary alicyclic amines) is 1. The third-order valence-electron chi connectivity index (χ3n) is 4.50. The van der Waals surface area contributed by atoms with E-state index in [9.17, 15) is 4.79 Å². The molecule has 3 heterocycles. The van der Waals surface area contributed by atoms with Crippen molar-refractivity contribution in [3.05, 3.63) is 59.7 Å². The van der Waals surface area contributed by atoms with Gasteiger partial charge in [0.2, 0.25) is 5.82 Å². The van der Waals surface area contributed by atoms with Crippen LogP contribution in [0.5, 0.6) is 0 Å². The van der Waals surface area contributed by atoms with Crippen LogP contribution < -0.4 is 5.73 Å². The number of hydrogen-bond acceptors (Lipinski definition) is 5. The standard InChI is InChI=1S/C17H18N6O.2ClH/c1-11-7-8-19-17-20-15(21-23(11)17)16(24)22-9-13(14(18)10-22)12-5-3-2-4-6-12;;/h2-8,13-14H,9-10,18H2,1H3;2*1H/t13-,14+;;/m0../s1. The zero-order valence-corrected chi connectivity index (χ0v) is 15.8. The van der Waals surface area contributed by atoms with E-state index in [0.29, 0.717) is 18.9 Å². The lowest BCUT2D eigenvalue weighted by atomic mass is 9.95. The predicted octanol–water partition coefficient (Wildman–Crippen LogP) is 1.84. The number of aryl methyl sites for hydroxylation is 1. The lowest BCUT2D eigenvalue weighted by Gasteiger charge is -2.14. The summed E-state index contributed by atoms with van der Waals surface area (Å²) < 4.78 is 1.58. The molecule has 138 valence electrons. The lowest BCUT2D eigenvalue weighted by Crippen LogP contribution is -2.32. The van der Waals surface area contributed by atoms with E-state index in [4.69, 9.17) is 5.73 Å². The van der Waals surface area contributed by atoms with E-state index >= 15 is 0 Å². The smallest absolute Gasteiger partial charge is 0.293 e. The first kappa shape index (κ1) is 20.1. The van der Waals surface area contributed by atoms with Crippen LogP contribution in [0.4, 0.5) is 0 Å². The topological polar surface area (TPSA) is 89.4 Å². The van der Waals surface area contributed by atoms with Gasteiger partial charge in [-0.05, 0) is 18.6 Å². The molecule has 0 spiro atoms. The van der Waals surface area contributed by atoms with E-state index in [2.05, 4.69) is 27.2 Å². The molecule has 0 radical (unpaired) electrons. The first-order valence-corrected chi connectivity index (χ1v) is 7.91. The molecule has 1 aliphatic heterocycles. The number of nitrogens with zero attached hydrogens (tertiary/aromatic N) is 5. The first-order valence-electron chi connectivity index (χ1n) is 7.91. The lowest BCUT2D eigenvalue weighted by molar-refractivity contribution is 0.0777. The molecule has 0 saturated carbocycles. The molecular weight excluding hydrogens is 375 g/mol. The number of benzene rings is 1. The normalized spacial score (nSPS) is 19.1. The van der Waals surface area contributed by atoms with Crippen molar-refractivity contribution in [3.8, 4) is 0 Å². The number of fused-ring (bicyclic) bond motifs is 1. The Labute approximate surface area is 163 Å². The largest absolute Gasteiger partial charge is 0.334 e. The third-order valence-corrected chi connectivity index (χ3v) is 4.50. The third kappa shape index (κ3) is 3.51. The molecule has 1 aliphatic rings. The molecule has 1 amide bonds. The highest BCUT2D eigenvalue weighted by Gasteiger charge is 2.35. The Hall–Kier alpha value is -2.22. The molecule has 0 bridgehead atoms. The molecule has 4 rings (SSSR count). The van der Waals surface area contributed by atoms with E-state index in [1.807, 2.05) is 31.2 Å². The van der Waals surface area contributed by atoms with Crippen LogP contribution in [-0.2, 0) is 0 Å². The van der Waals surface area contributed by atoms with Crippen LogP contribution >= 0.6 is 24.8 Å². The molecule has 26 heavy (non-hydrogen) atoms. The van der Waals surface area contributed by atoms with E-state index in [0.717, 1.165) is 11.3 Å². The van der Waals surface area contributed by atoms with Crippen LogP contribution in [0.25, 0.3) is 5.78 Å². The van der Waals surface area contributed by atoms with Crippen LogP contribution in [0, 0.1) is 6.92 Å². The van der Waals surface area contributed by atoms with Gasteiger partial charge in [-0.2, -0.15) is 4.98 Å². The van der Waals surface area contributed by atoms with Gasteiger partial charge in [0.05, 0.1) is 0 Å². The second-order valence-corrected chi connectivity index (χ2v) is 6.12. The van der Waals surface area contributed by atoms with Crippen LogP contribution in [0.1, 0.15) is 27.8 Å². The zero-order chi connectivity index (χ0) is 16.7. The average molecular weight is 395 g/mol. The Bertz CT molecular complexity index is 901. The zero-order valence-electron chi connectivity index (χ0n) is 14.1. The Balaban J connectivity index is 0.00000121. The van der Waals surface area contributed by atoms with Crippen molar-refractivity contribution in [2.45, 2.75) is 18.9 Å². The van der Waals surface area contributed by atoms with Gasteiger partial charge in [0.15, 0.2) is 0 Å². The summed E-state index contributed by atoms with van der Waals surface area (Å²) in [5.74, 6) is 0.528. The van der Waals surface area contributed by atoms with Gasteiger partial charge in [0, 0.05) is 36.9 Å². The van der Waals surface area contributed by atoms with Crippen LogP contribution in [-0.4, -0.2) is 49.5 Å². The van der Waals surface area contributed by atoms with Crippen molar-refractivity contribution in [1.82, 2.24) is 24.5 Å². The minimum absolute atomic E-state index is 0. The second-order valence-electron chi connectivity index (χ2n) is 6.12. The van der Waals surface area contributed by atoms with Crippen molar-refractivity contribution in [2.75, 3.05) is 13.1 Å². The van der Waals surface area contributed by atoms with Crippen molar-refractivity contribution >= 4 is 36.5 Å². The summed E-state index contributed by atoms with van der Waals surface area (Å²) in [6, 6.07) is 11.8. The number of nitrogens with two attached hydrogens (primary N) is 1. The van der Waals surface area contributed by atoms with Gasteiger partial charge in [0.25, 0.3) is 11.7 Å². The van der Waals surface area contributed by atoms with E-state index < -0.39 is 0 Å². The van der Waals surface area contributed by atoms with Gasteiger partial charge in [-0.3, -0.25) is 4.79 Å². The van der Waals surface area contributed by atoms with Gasteiger partial charge in [0.1, 0.15) is 0 Å². The number of carbonyl (C=O) groups is 1. The fraction of sp³-hybridized carbons (Fsp3) is 0.294. The van der Waals surface area contributed by atoms with Crippen molar-refractivity contribution in [2.24, 2.45) is 5.73 Å². The molecule has 7 nitrogen and oxygen atoms in total. The van der Waals surface area contributed by atoms with Crippen LogP contribution in [0.15, 0.2) is 42.6 Å². The van der Waals surface area contributed by atoms with Gasteiger partial charge >= 0.3 is 0 Å². The molecule has 0 aliphatic carbocycles. The average Bonchev–Trinajstić information content (AvgIpc) is 3.20. The Morgan fingerprint density at radius 2 is 1.88 bits per heavy atom. The maximum atomic E-state index is 12.8. The Morgan fingerprint density at radius 1 is 1.15 bits per heavy atom. The van der Waals surface area contributed by atoms with Crippen LogP contribution in [0.3, 0.4) is 0 Å². The monoisotopic (exact) mass is 394 g/mol. The molecule has 2 aromatic heterocycles. The highest BCUT2D eigenvalue weighted by atomic mass is 35.5. The molecule has 9 heteroatoms. The minimum atomic E-state index is -0.200. The molecule has 0 unspecified atom stereocenters. The van der Waals surface area contributed by atoms with Crippen molar-refractivity contribution < 1.29 is 4.79 Å². The summed E-state index contributed by atoms with van der Waals surface area (Å²) >= 11 is 0. The van der Waals surface area contributed by atoms with Gasteiger partial charge in [-0.1, -0.05) is 30.3 Å². The summed E-state index contributed by atoms with van der Waals surface area (Å²) in [6.45, 7) is 2.97. The summed E-state index contributed by atoms with van der Waals surface area (Å²) in [4.78, 5) is 22.9. The Morgan fingerprint density at radius 3 is 2.58 bits per heavy atom. The molecule has 1 aromatic carbocycles. The highest BCUT2D eigenvalue weighted by molar-refractivity contribution is 5.91. The summed E-state index contributed by atoms with van der Waals surface area (Å²) in [7, 11) is 0. The van der Waals surface area contributed by atoms with Crippen LogP contribution in [0.2, 0.25) is 0 Å². The minimum Gasteiger partial charge on any atom is -0.334 e. The summed E-state index contributed by atoms with van der Waals surface area (Å²) in [6.07, 6.45) is 1.66. The second kappa shape index (κ2) is 7.99. The van der Waals surface area contributed by atoms with Gasteiger partial charge < -0.3 is 10.6 Å². The fourth-order valence-electron chi connectivity index (χ4n) is 3.19. The predicted molar refractivity (Wildman–Crippen MR) is 103 cm³/mol. The maximum Gasteiger partial charge on any atom is 0.293 e.